The lowest BCUT2D eigenvalue weighted by atomic mass is 10.2. The van der Waals surface area contributed by atoms with E-state index in [1.165, 1.54) is 24.3 Å². The molecule has 0 aliphatic rings. The fraction of sp³-hybridized carbons (Fsp3) is 0.0556. The molecule has 1 heterocycles. The summed E-state index contributed by atoms with van der Waals surface area (Å²) >= 11 is 3.25. The smallest absolute Gasteiger partial charge is 0.379 e. The summed E-state index contributed by atoms with van der Waals surface area (Å²) in [4.78, 5) is 12.2. The molecule has 0 amide bonds. The lowest BCUT2D eigenvalue weighted by molar-refractivity contribution is 0.0694. The molecule has 0 bridgehead atoms. The first-order valence-electron chi connectivity index (χ1n) is 7.26. The Morgan fingerprint density at radius 1 is 1.00 bits per heavy atom. The summed E-state index contributed by atoms with van der Waals surface area (Å²) in [5, 5.41) is -0.313. The molecule has 0 aliphatic heterocycles. The topological polar surface area (TPSA) is 73.6 Å². The van der Waals surface area contributed by atoms with Gasteiger partial charge in [-0.15, -0.1) is 0 Å². The summed E-state index contributed by atoms with van der Waals surface area (Å²) in [7, 11) is -3.84. The molecule has 2 aromatic carbocycles. The van der Waals surface area contributed by atoms with Crippen molar-refractivity contribution in [2.75, 3.05) is 0 Å². The highest BCUT2D eigenvalue weighted by Crippen LogP contribution is 2.25. The Morgan fingerprint density at radius 3 is 2.36 bits per heavy atom. The van der Waals surface area contributed by atoms with E-state index in [0.29, 0.717) is 5.75 Å². The van der Waals surface area contributed by atoms with E-state index in [0.717, 1.165) is 10.0 Å². The number of furan rings is 1. The van der Waals surface area contributed by atoms with Crippen molar-refractivity contribution in [3.05, 3.63) is 76.5 Å². The van der Waals surface area contributed by atoms with Crippen molar-refractivity contribution in [2.45, 2.75) is 16.9 Å². The number of ether oxygens (including phenoxy) is 1. The predicted molar refractivity (Wildman–Crippen MR) is 94.4 cm³/mol. The third-order valence-electron chi connectivity index (χ3n) is 3.47. The van der Waals surface area contributed by atoms with E-state index >= 15 is 0 Å². The number of para-hydroxylation sites is 1. The molecule has 0 aliphatic carbocycles. The first-order chi connectivity index (χ1) is 11.9. The maximum absolute atomic E-state index is 12.5. The number of sulfone groups is 1. The number of carbonyl (C=O) groups is 1. The van der Waals surface area contributed by atoms with Crippen LogP contribution < -0.4 is 4.74 Å². The molecule has 0 unspecified atom stereocenters. The van der Waals surface area contributed by atoms with Gasteiger partial charge >= 0.3 is 5.97 Å². The minimum absolute atomic E-state index is 0.0730. The number of esters is 1. The van der Waals surface area contributed by atoms with Crippen molar-refractivity contribution in [2.24, 2.45) is 0 Å². The van der Waals surface area contributed by atoms with Crippen LogP contribution in [-0.4, -0.2) is 14.4 Å². The van der Waals surface area contributed by atoms with E-state index in [9.17, 15) is 13.2 Å². The minimum Gasteiger partial charge on any atom is -0.437 e. The molecule has 0 N–H and O–H groups in total. The van der Waals surface area contributed by atoms with Crippen LogP contribution in [0.25, 0.3) is 0 Å². The Labute approximate surface area is 153 Å². The molecule has 3 rings (SSSR count). The van der Waals surface area contributed by atoms with Crippen LogP contribution in [0.2, 0.25) is 0 Å². The quantitative estimate of drug-likeness (QED) is 0.461. The van der Waals surface area contributed by atoms with E-state index < -0.39 is 15.8 Å². The fourth-order valence-corrected chi connectivity index (χ4v) is 3.56. The molecule has 7 heteroatoms. The molecule has 3 aromatic rings. The van der Waals surface area contributed by atoms with Crippen molar-refractivity contribution >= 4 is 31.7 Å². The van der Waals surface area contributed by atoms with Gasteiger partial charge in [-0.25, -0.2) is 13.2 Å². The second kappa shape index (κ2) is 6.85. The van der Waals surface area contributed by atoms with E-state index in [1.54, 1.807) is 37.3 Å². The Kier molecular flexibility index (Phi) is 4.78. The number of carbonyl (C=O) groups excluding carboxylic acids is 1. The van der Waals surface area contributed by atoms with Crippen LogP contribution in [0, 0.1) is 6.92 Å². The van der Waals surface area contributed by atoms with Gasteiger partial charge in [0.15, 0.2) is 0 Å². The summed E-state index contributed by atoms with van der Waals surface area (Å²) in [6.07, 6.45) is 0. The lowest BCUT2D eigenvalue weighted by Crippen LogP contribution is -2.08. The first-order valence-corrected chi connectivity index (χ1v) is 9.54. The third-order valence-corrected chi connectivity index (χ3v) is 5.64. The molecule has 0 spiro atoms. The maximum Gasteiger partial charge on any atom is 0.379 e. The highest BCUT2D eigenvalue weighted by Gasteiger charge is 2.24. The number of hydrogen-bond donors (Lipinski definition) is 0. The minimum atomic E-state index is -3.84. The van der Waals surface area contributed by atoms with Crippen LogP contribution in [0.1, 0.15) is 16.1 Å². The van der Waals surface area contributed by atoms with Crippen molar-refractivity contribution in [1.82, 2.24) is 0 Å². The van der Waals surface area contributed by atoms with Crippen LogP contribution in [0.3, 0.4) is 0 Å². The van der Waals surface area contributed by atoms with Gasteiger partial charge < -0.3 is 9.15 Å². The predicted octanol–water partition coefficient (Wildman–Crippen LogP) is 4.40. The van der Waals surface area contributed by atoms with Crippen LogP contribution in [-0.2, 0) is 9.84 Å². The normalized spacial score (nSPS) is 11.3. The second-order valence-corrected chi connectivity index (χ2v) is 8.03. The van der Waals surface area contributed by atoms with Gasteiger partial charge in [-0.2, -0.15) is 0 Å². The Bertz CT molecular complexity index is 1020. The molecular formula is C18H13BrO5S. The molecule has 25 heavy (non-hydrogen) atoms. The van der Waals surface area contributed by atoms with Crippen LogP contribution in [0.5, 0.6) is 5.75 Å². The van der Waals surface area contributed by atoms with Crippen LogP contribution >= 0.6 is 15.9 Å². The average Bonchev–Trinajstić information content (AvgIpc) is 3.08. The SMILES string of the molecule is Cc1ccccc1OC(=O)c1ccc(S(=O)(=O)c2ccc(Br)cc2)o1. The first kappa shape index (κ1) is 17.4. The molecule has 128 valence electrons. The van der Waals surface area contributed by atoms with Crippen LogP contribution in [0.4, 0.5) is 0 Å². The number of halogens is 1. The van der Waals surface area contributed by atoms with Gasteiger partial charge in [0.2, 0.25) is 20.7 Å². The van der Waals surface area contributed by atoms with Crippen molar-refractivity contribution in [3.8, 4) is 5.75 Å². The largest absolute Gasteiger partial charge is 0.437 e. The Morgan fingerprint density at radius 2 is 1.68 bits per heavy atom. The standard InChI is InChI=1S/C18H13BrO5S/c1-12-4-2-3-5-15(12)24-18(20)16-10-11-17(23-16)25(21,22)14-8-6-13(19)7-9-14/h2-11H,1H3. The molecular weight excluding hydrogens is 408 g/mol. The van der Waals surface area contributed by atoms with Gasteiger partial charge in [-0.3, -0.25) is 0 Å². The molecule has 0 saturated heterocycles. The number of aryl methyl sites for hydroxylation is 1. The zero-order valence-electron chi connectivity index (χ0n) is 13.1. The van der Waals surface area contributed by atoms with E-state index in [-0.39, 0.29) is 15.7 Å². The number of rotatable bonds is 4. The summed E-state index contributed by atoms with van der Waals surface area (Å²) in [6, 6.07) is 15.7. The van der Waals surface area contributed by atoms with Gasteiger partial charge in [0, 0.05) is 4.47 Å². The fourth-order valence-electron chi connectivity index (χ4n) is 2.13. The molecule has 1 aromatic heterocycles. The molecule has 0 radical (unpaired) electrons. The number of benzene rings is 2. The lowest BCUT2D eigenvalue weighted by Gasteiger charge is -2.05. The third kappa shape index (κ3) is 3.67. The van der Waals surface area contributed by atoms with E-state index in [2.05, 4.69) is 15.9 Å². The second-order valence-electron chi connectivity index (χ2n) is 5.23. The summed E-state index contributed by atoms with van der Waals surface area (Å²) in [5.41, 5.74) is 0.783. The number of hydrogen-bond acceptors (Lipinski definition) is 5. The summed E-state index contributed by atoms with van der Waals surface area (Å²) in [6.45, 7) is 1.80. The highest BCUT2D eigenvalue weighted by molar-refractivity contribution is 9.10. The van der Waals surface area contributed by atoms with Gasteiger partial charge in [-0.05, 0) is 55.0 Å². The summed E-state index contributed by atoms with van der Waals surface area (Å²) < 4.78 is 36.3. The zero-order chi connectivity index (χ0) is 18.0. The van der Waals surface area contributed by atoms with Crippen molar-refractivity contribution in [1.29, 1.82) is 0 Å². The maximum atomic E-state index is 12.5. The summed E-state index contributed by atoms with van der Waals surface area (Å²) in [5.74, 6) is -0.549. The van der Waals surface area contributed by atoms with Gasteiger partial charge in [0.05, 0.1) is 4.90 Å². The van der Waals surface area contributed by atoms with E-state index in [4.69, 9.17) is 9.15 Å². The molecule has 5 nitrogen and oxygen atoms in total. The van der Waals surface area contributed by atoms with Crippen LogP contribution in [0.15, 0.2) is 79.5 Å². The zero-order valence-corrected chi connectivity index (χ0v) is 15.5. The monoisotopic (exact) mass is 420 g/mol. The van der Waals surface area contributed by atoms with Gasteiger partial charge in [-0.1, -0.05) is 34.1 Å². The van der Waals surface area contributed by atoms with Gasteiger partial charge in [0.1, 0.15) is 5.75 Å². The highest BCUT2D eigenvalue weighted by atomic mass is 79.9. The Balaban J connectivity index is 1.85. The molecule has 0 saturated carbocycles. The molecule has 0 fully saturated rings. The van der Waals surface area contributed by atoms with Crippen molar-refractivity contribution < 1.29 is 22.4 Å². The molecule has 0 atom stereocenters. The Hall–Kier alpha value is -2.38. The van der Waals surface area contributed by atoms with Gasteiger partial charge in [0.25, 0.3) is 0 Å². The average molecular weight is 421 g/mol. The van der Waals surface area contributed by atoms with E-state index in [1.807, 2.05) is 6.07 Å². The van der Waals surface area contributed by atoms with Crippen molar-refractivity contribution in [3.63, 3.8) is 0 Å².